The standard InChI is InChI=1S/C25H19ClN2O5S/c1-3-32-16-8-9-17-19(12-16)34-25(27-17)28-21(14-5-4-6-15(26)11-14)20(23(30)24(28)31)22(29)18-10-7-13(2)33-18/h4-12,21,30H,3H2,1-2H3/t21-/m0/s1. The number of amides is 1. The summed E-state index contributed by atoms with van der Waals surface area (Å²) in [6.07, 6.45) is 0. The third-order valence-corrected chi connectivity index (χ3v) is 6.70. The van der Waals surface area contributed by atoms with Crippen LogP contribution in [0.1, 0.15) is 34.8 Å². The lowest BCUT2D eigenvalue weighted by Crippen LogP contribution is -2.30. The van der Waals surface area contributed by atoms with Crippen LogP contribution in [0, 0.1) is 6.92 Å². The molecule has 0 unspecified atom stereocenters. The molecule has 7 nitrogen and oxygen atoms in total. The van der Waals surface area contributed by atoms with Gasteiger partial charge in [0.1, 0.15) is 11.5 Å². The van der Waals surface area contributed by atoms with Gasteiger partial charge in [0, 0.05) is 5.02 Å². The average Bonchev–Trinajstić information content (AvgIpc) is 3.50. The van der Waals surface area contributed by atoms with E-state index in [1.54, 1.807) is 49.4 Å². The summed E-state index contributed by atoms with van der Waals surface area (Å²) in [5.41, 5.74) is 1.14. The van der Waals surface area contributed by atoms with Gasteiger partial charge in [0.25, 0.3) is 5.91 Å². The van der Waals surface area contributed by atoms with Crippen molar-refractivity contribution in [2.75, 3.05) is 11.5 Å². The van der Waals surface area contributed by atoms with Crippen molar-refractivity contribution in [1.82, 2.24) is 4.98 Å². The van der Waals surface area contributed by atoms with Crippen LogP contribution in [0.3, 0.4) is 0 Å². The lowest BCUT2D eigenvalue weighted by molar-refractivity contribution is -0.117. The molecule has 0 saturated heterocycles. The van der Waals surface area contributed by atoms with Crippen molar-refractivity contribution in [3.63, 3.8) is 0 Å². The molecule has 1 atom stereocenters. The molecule has 0 fully saturated rings. The third kappa shape index (κ3) is 3.74. The summed E-state index contributed by atoms with van der Waals surface area (Å²) >= 11 is 7.50. The lowest BCUT2D eigenvalue weighted by atomic mass is 9.95. The number of aryl methyl sites for hydroxylation is 1. The van der Waals surface area contributed by atoms with Gasteiger partial charge in [-0.15, -0.1) is 0 Å². The molecule has 0 aliphatic carbocycles. The number of aromatic nitrogens is 1. The molecule has 0 radical (unpaired) electrons. The minimum absolute atomic E-state index is 0.0337. The Kier molecular flexibility index (Phi) is 5.63. The van der Waals surface area contributed by atoms with Crippen molar-refractivity contribution in [2.24, 2.45) is 0 Å². The number of thiazole rings is 1. The Balaban J connectivity index is 1.65. The Morgan fingerprint density at radius 3 is 2.76 bits per heavy atom. The summed E-state index contributed by atoms with van der Waals surface area (Å²) in [6.45, 7) is 4.13. The molecule has 1 aliphatic heterocycles. The van der Waals surface area contributed by atoms with Crippen LogP contribution in [0.5, 0.6) is 5.75 Å². The number of furan rings is 1. The molecule has 4 aromatic rings. The summed E-state index contributed by atoms with van der Waals surface area (Å²) in [5.74, 6) is -0.675. The number of aliphatic hydroxyl groups is 1. The number of fused-ring (bicyclic) bond motifs is 1. The van der Waals surface area contributed by atoms with Crippen LogP contribution in [-0.4, -0.2) is 28.4 Å². The molecule has 2 aromatic carbocycles. The third-order valence-electron chi connectivity index (χ3n) is 5.45. The van der Waals surface area contributed by atoms with E-state index in [4.69, 9.17) is 20.8 Å². The number of anilines is 1. The molecule has 34 heavy (non-hydrogen) atoms. The summed E-state index contributed by atoms with van der Waals surface area (Å²) in [5, 5.41) is 11.6. The number of carbonyl (C=O) groups excluding carboxylic acids is 2. The van der Waals surface area contributed by atoms with E-state index >= 15 is 0 Å². The molecule has 0 bridgehead atoms. The fourth-order valence-corrected chi connectivity index (χ4v) is 5.19. The number of rotatable bonds is 6. The van der Waals surface area contributed by atoms with Gasteiger partial charge in [-0.25, -0.2) is 4.98 Å². The molecular weight excluding hydrogens is 476 g/mol. The zero-order chi connectivity index (χ0) is 24.0. The first-order chi connectivity index (χ1) is 16.4. The van der Waals surface area contributed by atoms with Gasteiger partial charge in [0.2, 0.25) is 5.78 Å². The van der Waals surface area contributed by atoms with Gasteiger partial charge in [-0.05, 0) is 61.9 Å². The molecule has 172 valence electrons. The van der Waals surface area contributed by atoms with Crippen LogP contribution in [0.15, 0.2) is 70.3 Å². The molecule has 0 spiro atoms. The molecule has 5 rings (SSSR count). The predicted molar refractivity (Wildman–Crippen MR) is 130 cm³/mol. The van der Waals surface area contributed by atoms with Crippen LogP contribution in [0.2, 0.25) is 5.02 Å². The zero-order valence-electron chi connectivity index (χ0n) is 18.2. The maximum atomic E-state index is 13.4. The number of nitrogens with zero attached hydrogens (tertiary/aromatic N) is 2. The Bertz CT molecular complexity index is 1470. The van der Waals surface area contributed by atoms with E-state index < -0.39 is 23.5 Å². The predicted octanol–water partition coefficient (Wildman–Crippen LogP) is 6.03. The van der Waals surface area contributed by atoms with Crippen molar-refractivity contribution in [1.29, 1.82) is 0 Å². The van der Waals surface area contributed by atoms with Crippen molar-refractivity contribution in [2.45, 2.75) is 19.9 Å². The monoisotopic (exact) mass is 494 g/mol. The summed E-state index contributed by atoms with van der Waals surface area (Å²) in [7, 11) is 0. The first kappa shape index (κ1) is 22.2. The number of hydrogen-bond donors (Lipinski definition) is 1. The molecular formula is C25H19ClN2O5S. The Hall–Kier alpha value is -3.62. The zero-order valence-corrected chi connectivity index (χ0v) is 19.8. The van der Waals surface area contributed by atoms with Gasteiger partial charge in [-0.2, -0.15) is 0 Å². The second kappa shape index (κ2) is 8.62. The molecule has 0 saturated carbocycles. The van der Waals surface area contributed by atoms with E-state index in [1.807, 2.05) is 13.0 Å². The summed E-state index contributed by atoms with van der Waals surface area (Å²) in [6, 6.07) is 14.5. The fourth-order valence-electron chi connectivity index (χ4n) is 3.97. The van der Waals surface area contributed by atoms with Crippen molar-refractivity contribution < 1.29 is 23.8 Å². The number of ketones is 1. The summed E-state index contributed by atoms with van der Waals surface area (Å²) in [4.78, 5) is 32.7. The van der Waals surface area contributed by atoms with E-state index in [0.717, 1.165) is 4.70 Å². The molecule has 3 heterocycles. The second-order valence-corrected chi connectivity index (χ2v) is 9.14. The van der Waals surface area contributed by atoms with E-state index in [9.17, 15) is 14.7 Å². The number of carbonyl (C=O) groups is 2. The average molecular weight is 495 g/mol. The van der Waals surface area contributed by atoms with Crippen LogP contribution in [-0.2, 0) is 4.79 Å². The first-order valence-electron chi connectivity index (χ1n) is 10.5. The Morgan fingerprint density at radius 2 is 2.06 bits per heavy atom. The number of halogens is 1. The highest BCUT2D eigenvalue weighted by atomic mass is 35.5. The minimum atomic E-state index is -0.934. The molecule has 1 N–H and O–H groups in total. The highest BCUT2D eigenvalue weighted by Crippen LogP contribution is 2.45. The van der Waals surface area contributed by atoms with Gasteiger partial charge >= 0.3 is 0 Å². The number of Topliss-reactive ketones (excluding diaryl/α,β-unsaturated/α-hetero) is 1. The quantitative estimate of drug-likeness (QED) is 0.329. The van der Waals surface area contributed by atoms with Gasteiger partial charge < -0.3 is 14.3 Å². The SMILES string of the molecule is CCOc1ccc2nc(N3C(=O)C(O)=C(C(=O)c4ccc(C)o4)[C@@H]3c3cccc(Cl)c3)sc2c1. The van der Waals surface area contributed by atoms with E-state index in [2.05, 4.69) is 4.98 Å². The van der Waals surface area contributed by atoms with Gasteiger partial charge in [-0.1, -0.05) is 35.1 Å². The van der Waals surface area contributed by atoms with E-state index in [-0.39, 0.29) is 11.3 Å². The van der Waals surface area contributed by atoms with Crippen LogP contribution in [0.25, 0.3) is 10.2 Å². The molecule has 9 heteroatoms. The molecule has 2 aromatic heterocycles. The largest absolute Gasteiger partial charge is 0.503 e. The second-order valence-electron chi connectivity index (χ2n) is 7.69. The molecule has 1 aliphatic rings. The number of ether oxygens (including phenoxy) is 1. The highest BCUT2D eigenvalue weighted by molar-refractivity contribution is 7.22. The number of aliphatic hydroxyl groups excluding tert-OH is 1. The van der Waals surface area contributed by atoms with Crippen molar-refractivity contribution in [3.05, 3.63) is 88.0 Å². The Labute approximate surface area is 203 Å². The summed E-state index contributed by atoms with van der Waals surface area (Å²) < 4.78 is 11.9. The fraction of sp³-hybridized carbons (Fsp3) is 0.160. The van der Waals surface area contributed by atoms with Gasteiger partial charge in [-0.3, -0.25) is 14.5 Å². The maximum Gasteiger partial charge on any atom is 0.296 e. The molecule has 1 amide bonds. The van der Waals surface area contributed by atoms with Crippen LogP contribution < -0.4 is 9.64 Å². The first-order valence-corrected chi connectivity index (χ1v) is 11.7. The Morgan fingerprint density at radius 1 is 1.24 bits per heavy atom. The highest BCUT2D eigenvalue weighted by Gasteiger charge is 2.46. The van der Waals surface area contributed by atoms with Gasteiger partial charge in [0.05, 0.1) is 28.4 Å². The number of benzene rings is 2. The van der Waals surface area contributed by atoms with E-state index in [0.29, 0.717) is 39.4 Å². The van der Waals surface area contributed by atoms with E-state index in [1.165, 1.54) is 22.3 Å². The van der Waals surface area contributed by atoms with Crippen LogP contribution >= 0.6 is 22.9 Å². The normalized spacial score (nSPS) is 16.0. The van der Waals surface area contributed by atoms with Crippen molar-refractivity contribution in [3.8, 4) is 5.75 Å². The van der Waals surface area contributed by atoms with Crippen LogP contribution in [0.4, 0.5) is 5.13 Å². The van der Waals surface area contributed by atoms with Gasteiger partial charge in [0.15, 0.2) is 16.7 Å². The topological polar surface area (TPSA) is 92.9 Å². The maximum absolute atomic E-state index is 13.4. The minimum Gasteiger partial charge on any atom is -0.503 e. The number of hydrogen-bond acceptors (Lipinski definition) is 7. The lowest BCUT2D eigenvalue weighted by Gasteiger charge is -2.24. The smallest absolute Gasteiger partial charge is 0.296 e. The van der Waals surface area contributed by atoms with Crippen molar-refractivity contribution >= 4 is 50.0 Å².